The van der Waals surface area contributed by atoms with Crippen molar-refractivity contribution in [3.05, 3.63) is 48.2 Å². The normalized spacial score (nSPS) is 14.7. The highest BCUT2D eigenvalue weighted by molar-refractivity contribution is 5.79. The molecule has 4 rings (SSSR count). The van der Waals surface area contributed by atoms with Crippen LogP contribution in [0.3, 0.4) is 0 Å². The van der Waals surface area contributed by atoms with E-state index in [0.29, 0.717) is 17.6 Å². The van der Waals surface area contributed by atoms with Crippen LogP contribution in [0.5, 0.6) is 0 Å². The zero-order valence-corrected chi connectivity index (χ0v) is 19.0. The van der Waals surface area contributed by atoms with Gasteiger partial charge < -0.3 is 14.7 Å². The van der Waals surface area contributed by atoms with Gasteiger partial charge in [-0.05, 0) is 44.2 Å². The topological polar surface area (TPSA) is 84.2 Å². The van der Waals surface area contributed by atoms with Crippen LogP contribution in [-0.4, -0.2) is 40.7 Å². The fourth-order valence-corrected chi connectivity index (χ4v) is 3.95. The minimum atomic E-state index is 0.0575. The molecule has 1 aromatic carbocycles. The first-order valence-corrected chi connectivity index (χ1v) is 11.4. The number of aryl methyl sites for hydroxylation is 1. The smallest absolute Gasteiger partial charge is 0.261 e. The van der Waals surface area contributed by atoms with Crippen LogP contribution < -0.4 is 10.2 Å². The molecule has 0 saturated carbocycles. The lowest BCUT2D eigenvalue weighted by molar-refractivity contribution is -0.125. The summed E-state index contributed by atoms with van der Waals surface area (Å²) in [6.07, 6.45) is 4.40. The van der Waals surface area contributed by atoms with Crippen LogP contribution in [0.4, 0.5) is 5.82 Å². The Morgan fingerprint density at radius 3 is 2.66 bits per heavy atom. The van der Waals surface area contributed by atoms with E-state index >= 15 is 0 Å². The molecule has 3 aromatic rings. The summed E-state index contributed by atoms with van der Waals surface area (Å²) in [5.74, 6) is 2.67. The molecule has 0 aliphatic carbocycles. The maximum Gasteiger partial charge on any atom is 0.261 e. The number of pyridine rings is 1. The second kappa shape index (κ2) is 9.94. The number of anilines is 1. The van der Waals surface area contributed by atoms with E-state index in [1.165, 1.54) is 5.56 Å². The molecule has 1 N–H and O–H groups in total. The number of piperidine rings is 1. The fraction of sp³-hybridized carbons (Fsp3) is 0.440. The molecule has 0 radical (unpaired) electrons. The molecular weight excluding hydrogens is 402 g/mol. The molecule has 0 spiro atoms. The zero-order chi connectivity index (χ0) is 22.5. The van der Waals surface area contributed by atoms with Gasteiger partial charge in [-0.2, -0.15) is 4.98 Å². The molecule has 7 heteroatoms. The van der Waals surface area contributed by atoms with E-state index in [4.69, 9.17) is 4.52 Å². The van der Waals surface area contributed by atoms with Crippen LogP contribution in [0.1, 0.15) is 38.7 Å². The first-order valence-electron chi connectivity index (χ1n) is 11.4. The van der Waals surface area contributed by atoms with Crippen molar-refractivity contribution in [2.75, 3.05) is 24.5 Å². The number of carbonyl (C=O) groups excluding carboxylic acids is 1. The Bertz CT molecular complexity index is 1040. The van der Waals surface area contributed by atoms with Crippen molar-refractivity contribution in [2.24, 2.45) is 11.8 Å². The third-order valence-electron chi connectivity index (χ3n) is 5.94. The number of hydrogen-bond acceptors (Lipinski definition) is 6. The summed E-state index contributed by atoms with van der Waals surface area (Å²) < 4.78 is 5.60. The van der Waals surface area contributed by atoms with Crippen LogP contribution in [0, 0.1) is 18.8 Å². The van der Waals surface area contributed by atoms with Crippen LogP contribution in [0.2, 0.25) is 0 Å². The fourth-order valence-electron chi connectivity index (χ4n) is 3.95. The molecule has 0 atom stereocenters. The third kappa shape index (κ3) is 5.15. The molecule has 1 aliphatic rings. The van der Waals surface area contributed by atoms with Crippen molar-refractivity contribution in [2.45, 2.75) is 40.0 Å². The molecule has 7 nitrogen and oxygen atoms in total. The van der Waals surface area contributed by atoms with Gasteiger partial charge in [-0.15, -0.1) is 0 Å². The summed E-state index contributed by atoms with van der Waals surface area (Å²) >= 11 is 0. The highest BCUT2D eigenvalue weighted by Gasteiger charge is 2.27. The molecule has 1 aliphatic heterocycles. The summed E-state index contributed by atoms with van der Waals surface area (Å²) in [5.41, 5.74) is 2.92. The molecule has 32 heavy (non-hydrogen) atoms. The number of rotatable bonds is 7. The average Bonchev–Trinajstić information content (AvgIpc) is 3.29. The number of benzene rings is 1. The lowest BCUT2D eigenvalue weighted by Crippen LogP contribution is -2.41. The lowest BCUT2D eigenvalue weighted by atomic mass is 9.95. The zero-order valence-electron chi connectivity index (χ0n) is 19.0. The van der Waals surface area contributed by atoms with Crippen molar-refractivity contribution < 1.29 is 9.32 Å². The summed E-state index contributed by atoms with van der Waals surface area (Å²) in [5, 5.41) is 7.26. The van der Waals surface area contributed by atoms with Gasteiger partial charge in [0.25, 0.3) is 5.89 Å². The quantitative estimate of drug-likeness (QED) is 0.591. The van der Waals surface area contributed by atoms with Crippen molar-refractivity contribution >= 4 is 11.7 Å². The number of nitrogens with one attached hydrogen (secondary N) is 1. The minimum Gasteiger partial charge on any atom is -0.356 e. The Morgan fingerprint density at radius 1 is 1.19 bits per heavy atom. The van der Waals surface area contributed by atoms with Gasteiger partial charge in [-0.3, -0.25) is 4.79 Å². The maximum atomic E-state index is 12.5. The maximum absolute atomic E-state index is 12.5. The number of carbonyl (C=O) groups is 1. The van der Waals surface area contributed by atoms with Gasteiger partial charge in [0.2, 0.25) is 11.7 Å². The van der Waals surface area contributed by atoms with Crippen molar-refractivity contribution in [1.29, 1.82) is 0 Å². The highest BCUT2D eigenvalue weighted by atomic mass is 16.5. The molecule has 168 valence electrons. The van der Waals surface area contributed by atoms with E-state index in [1.54, 1.807) is 6.20 Å². The van der Waals surface area contributed by atoms with Crippen LogP contribution in [0.25, 0.3) is 22.8 Å². The average molecular weight is 434 g/mol. The molecule has 2 aromatic heterocycles. The van der Waals surface area contributed by atoms with Gasteiger partial charge in [-0.25, -0.2) is 4.98 Å². The predicted molar refractivity (Wildman–Crippen MR) is 125 cm³/mol. The predicted octanol–water partition coefficient (Wildman–Crippen LogP) is 4.49. The van der Waals surface area contributed by atoms with Gasteiger partial charge >= 0.3 is 0 Å². The van der Waals surface area contributed by atoms with Crippen LogP contribution in [-0.2, 0) is 4.79 Å². The van der Waals surface area contributed by atoms with Gasteiger partial charge in [-0.1, -0.05) is 48.8 Å². The largest absolute Gasteiger partial charge is 0.356 e. The second-order valence-corrected chi connectivity index (χ2v) is 8.90. The molecule has 0 unspecified atom stereocenters. The van der Waals surface area contributed by atoms with Gasteiger partial charge in [0.1, 0.15) is 5.82 Å². The Morgan fingerprint density at radius 2 is 1.94 bits per heavy atom. The summed E-state index contributed by atoms with van der Waals surface area (Å²) in [6, 6.07) is 11.9. The standard InChI is InChI=1S/C25H31N5O2/c1-17(2)10-14-27-24(31)20-11-15-30(16-12-20)23-21(5-4-13-26-23)25-28-22(29-32-25)19-8-6-18(3)7-9-19/h4-9,13,17,20H,10-12,14-16H2,1-3H3,(H,27,31). The minimum absolute atomic E-state index is 0.0575. The van der Waals surface area contributed by atoms with Gasteiger partial charge in [0, 0.05) is 37.3 Å². The summed E-state index contributed by atoms with van der Waals surface area (Å²) in [7, 11) is 0. The van der Waals surface area contributed by atoms with E-state index in [0.717, 1.165) is 55.8 Å². The van der Waals surface area contributed by atoms with E-state index < -0.39 is 0 Å². The Labute approximate surface area is 189 Å². The Hall–Kier alpha value is -3.22. The molecule has 1 amide bonds. The number of amides is 1. The molecule has 3 heterocycles. The summed E-state index contributed by atoms with van der Waals surface area (Å²) in [4.78, 5) is 23.9. The summed E-state index contributed by atoms with van der Waals surface area (Å²) in [6.45, 7) is 8.67. The monoisotopic (exact) mass is 433 g/mol. The molecule has 1 saturated heterocycles. The first-order chi connectivity index (χ1) is 15.5. The molecular formula is C25H31N5O2. The third-order valence-corrected chi connectivity index (χ3v) is 5.94. The molecule has 1 fully saturated rings. The van der Waals surface area contributed by atoms with E-state index in [9.17, 15) is 4.79 Å². The van der Waals surface area contributed by atoms with E-state index in [2.05, 4.69) is 39.2 Å². The number of hydrogen-bond donors (Lipinski definition) is 1. The van der Waals surface area contributed by atoms with Crippen molar-refractivity contribution in [1.82, 2.24) is 20.4 Å². The highest BCUT2D eigenvalue weighted by Crippen LogP contribution is 2.32. The van der Waals surface area contributed by atoms with Crippen LogP contribution in [0.15, 0.2) is 47.1 Å². The SMILES string of the molecule is Cc1ccc(-c2noc(-c3cccnc3N3CCC(C(=O)NCCC(C)C)CC3)n2)cc1. The first kappa shape index (κ1) is 22.0. The second-order valence-electron chi connectivity index (χ2n) is 8.90. The number of aromatic nitrogens is 3. The lowest BCUT2D eigenvalue weighted by Gasteiger charge is -2.32. The van der Waals surface area contributed by atoms with Gasteiger partial charge in [0.15, 0.2) is 0 Å². The van der Waals surface area contributed by atoms with E-state index in [1.807, 2.05) is 43.3 Å². The van der Waals surface area contributed by atoms with Crippen molar-refractivity contribution in [3.8, 4) is 22.8 Å². The molecule has 0 bridgehead atoms. The van der Waals surface area contributed by atoms with Crippen molar-refractivity contribution in [3.63, 3.8) is 0 Å². The van der Waals surface area contributed by atoms with Crippen LogP contribution >= 0.6 is 0 Å². The number of nitrogens with zero attached hydrogens (tertiary/aromatic N) is 4. The Kier molecular flexibility index (Phi) is 6.83. The van der Waals surface area contributed by atoms with Gasteiger partial charge in [0.05, 0.1) is 5.56 Å². The van der Waals surface area contributed by atoms with E-state index in [-0.39, 0.29) is 11.8 Å². The Balaban J connectivity index is 1.44.